The molecule has 1 fully saturated rings. The summed E-state index contributed by atoms with van der Waals surface area (Å²) >= 11 is 0. The number of amides is 1. The summed E-state index contributed by atoms with van der Waals surface area (Å²) in [5, 5.41) is 8.86. The molecule has 8 nitrogen and oxygen atoms in total. The number of aliphatic carboxylic acids is 1. The number of alkyl halides is 1. The summed E-state index contributed by atoms with van der Waals surface area (Å²) in [5.74, 6) is -2.00. The Balaban J connectivity index is 1.77. The highest BCUT2D eigenvalue weighted by Gasteiger charge is 2.47. The van der Waals surface area contributed by atoms with Gasteiger partial charge in [0.1, 0.15) is 5.84 Å². The molecule has 23 heavy (non-hydrogen) atoms. The number of hydrogen-bond acceptors (Lipinski definition) is 5. The van der Waals surface area contributed by atoms with Crippen molar-refractivity contribution in [3.63, 3.8) is 0 Å². The monoisotopic (exact) mass is 343 g/mol. The average Bonchev–Trinajstić information content (AvgIpc) is 2.89. The van der Waals surface area contributed by atoms with Crippen molar-refractivity contribution in [2.24, 2.45) is 4.40 Å². The van der Waals surface area contributed by atoms with Crippen molar-refractivity contribution in [3.05, 3.63) is 23.9 Å². The number of carboxylic acid groups (broad SMARTS) is 1. The Labute approximate surface area is 131 Å². The Morgan fingerprint density at radius 2 is 2.04 bits per heavy atom. The van der Waals surface area contributed by atoms with Crippen LogP contribution in [-0.4, -0.2) is 72.1 Å². The van der Waals surface area contributed by atoms with E-state index < -0.39 is 34.1 Å². The molecule has 1 atom stereocenters. The Morgan fingerprint density at radius 1 is 1.30 bits per heavy atom. The van der Waals surface area contributed by atoms with Crippen LogP contribution < -0.4 is 0 Å². The minimum absolute atomic E-state index is 0.0160. The molecule has 10 heteroatoms. The van der Waals surface area contributed by atoms with E-state index >= 15 is 0 Å². The van der Waals surface area contributed by atoms with Gasteiger partial charge in [-0.2, -0.15) is 0 Å². The number of rotatable bonds is 2. The number of amidine groups is 1. The molecule has 1 N–H and O–H groups in total. The van der Waals surface area contributed by atoms with Crippen LogP contribution in [0.25, 0.3) is 0 Å². The molecule has 0 aromatic heterocycles. The second-order valence-corrected chi connectivity index (χ2v) is 7.35. The highest BCUT2D eigenvalue weighted by molar-refractivity contribution is 7.90. The number of halogens is 1. The van der Waals surface area contributed by atoms with E-state index in [4.69, 9.17) is 5.11 Å². The van der Waals surface area contributed by atoms with Crippen LogP contribution in [0, 0.1) is 0 Å². The Morgan fingerprint density at radius 3 is 2.70 bits per heavy atom. The first-order valence-electron chi connectivity index (χ1n) is 6.91. The standard InChI is InChI=1S/C13H14FN3O5S/c14-13(12(19)20)3-4-17(8-13)11(18)9-1-2-10-15-23(21,22)6-5-16(10)7-9/h1-2,7H,3-6,8H2,(H,19,20). The van der Waals surface area contributed by atoms with Crippen LogP contribution in [0.2, 0.25) is 0 Å². The van der Waals surface area contributed by atoms with Gasteiger partial charge in [0.2, 0.25) is 5.67 Å². The topological polar surface area (TPSA) is 107 Å². The summed E-state index contributed by atoms with van der Waals surface area (Å²) in [5.41, 5.74) is -2.18. The van der Waals surface area contributed by atoms with Gasteiger partial charge < -0.3 is 14.9 Å². The van der Waals surface area contributed by atoms with Gasteiger partial charge in [-0.1, -0.05) is 0 Å². The van der Waals surface area contributed by atoms with E-state index in [1.165, 1.54) is 23.3 Å². The fraction of sp³-hybridized carbons (Fsp3) is 0.462. The van der Waals surface area contributed by atoms with Gasteiger partial charge in [-0.05, 0) is 12.2 Å². The van der Waals surface area contributed by atoms with Crippen molar-refractivity contribution in [3.8, 4) is 0 Å². The van der Waals surface area contributed by atoms with Gasteiger partial charge in [0.25, 0.3) is 15.9 Å². The van der Waals surface area contributed by atoms with E-state index in [1.807, 2.05) is 0 Å². The molecule has 0 aromatic rings. The third-order valence-electron chi connectivity index (χ3n) is 3.96. The summed E-state index contributed by atoms with van der Waals surface area (Å²) in [6.45, 7) is -0.311. The van der Waals surface area contributed by atoms with Crippen LogP contribution in [-0.2, 0) is 19.6 Å². The smallest absolute Gasteiger partial charge is 0.343 e. The third-order valence-corrected chi connectivity index (χ3v) is 5.12. The molecule has 3 rings (SSSR count). The second-order valence-electron chi connectivity index (χ2n) is 5.59. The number of sulfonamides is 1. The lowest BCUT2D eigenvalue weighted by molar-refractivity contribution is -0.150. The van der Waals surface area contributed by atoms with Crippen LogP contribution in [0.4, 0.5) is 4.39 Å². The van der Waals surface area contributed by atoms with Crippen LogP contribution in [0.5, 0.6) is 0 Å². The first-order valence-corrected chi connectivity index (χ1v) is 8.52. The molecule has 0 aromatic carbocycles. The summed E-state index contributed by atoms with van der Waals surface area (Å²) in [7, 11) is -3.48. The van der Waals surface area contributed by atoms with Gasteiger partial charge in [0.15, 0.2) is 0 Å². The lowest BCUT2D eigenvalue weighted by Crippen LogP contribution is -2.41. The van der Waals surface area contributed by atoms with Crippen LogP contribution >= 0.6 is 0 Å². The zero-order chi connectivity index (χ0) is 16.8. The van der Waals surface area contributed by atoms with Crippen molar-refractivity contribution in [2.45, 2.75) is 12.1 Å². The summed E-state index contributed by atoms with van der Waals surface area (Å²) in [6.07, 6.45) is 4.01. The molecular formula is C13H14FN3O5S. The number of nitrogens with zero attached hydrogens (tertiary/aromatic N) is 3. The zero-order valence-electron chi connectivity index (χ0n) is 12.0. The number of fused-ring (bicyclic) bond motifs is 1. The molecule has 0 bridgehead atoms. The van der Waals surface area contributed by atoms with E-state index in [1.54, 1.807) is 0 Å². The van der Waals surface area contributed by atoms with Crippen LogP contribution in [0.15, 0.2) is 28.3 Å². The van der Waals surface area contributed by atoms with Crippen molar-refractivity contribution in [1.82, 2.24) is 9.80 Å². The number of carbonyl (C=O) groups excluding carboxylic acids is 1. The van der Waals surface area contributed by atoms with E-state index in [2.05, 4.69) is 4.40 Å². The van der Waals surface area contributed by atoms with Crippen LogP contribution in [0.1, 0.15) is 6.42 Å². The van der Waals surface area contributed by atoms with Gasteiger partial charge in [-0.3, -0.25) is 4.79 Å². The summed E-state index contributed by atoms with van der Waals surface area (Å²) in [4.78, 5) is 25.9. The highest BCUT2D eigenvalue weighted by Crippen LogP contribution is 2.28. The van der Waals surface area contributed by atoms with E-state index in [9.17, 15) is 22.4 Å². The predicted octanol–water partition coefficient (Wildman–Crippen LogP) is -0.491. The first-order chi connectivity index (χ1) is 10.7. The lowest BCUT2D eigenvalue weighted by Gasteiger charge is -2.28. The highest BCUT2D eigenvalue weighted by atomic mass is 32.2. The normalized spacial score (nSPS) is 28.9. The Bertz CT molecular complexity index is 772. The molecule has 1 amide bonds. The molecule has 3 heterocycles. The Hall–Kier alpha value is -2.23. The molecule has 3 aliphatic rings. The first kappa shape index (κ1) is 15.7. The van der Waals surface area contributed by atoms with E-state index in [0.29, 0.717) is 0 Å². The maximum atomic E-state index is 14.0. The zero-order valence-corrected chi connectivity index (χ0v) is 12.8. The second kappa shape index (κ2) is 5.15. The fourth-order valence-corrected chi connectivity index (χ4v) is 3.60. The quantitative estimate of drug-likeness (QED) is 0.725. The maximum absolute atomic E-state index is 14.0. The molecule has 0 spiro atoms. The molecule has 124 valence electrons. The largest absolute Gasteiger partial charge is 0.479 e. The average molecular weight is 343 g/mol. The van der Waals surface area contributed by atoms with Gasteiger partial charge in [-0.15, -0.1) is 4.40 Å². The minimum Gasteiger partial charge on any atom is -0.479 e. The fourth-order valence-electron chi connectivity index (χ4n) is 2.63. The molecule has 0 aliphatic carbocycles. The number of likely N-dealkylation sites (tertiary alicyclic amines) is 1. The molecular weight excluding hydrogens is 329 g/mol. The lowest BCUT2D eigenvalue weighted by atomic mass is 10.1. The third kappa shape index (κ3) is 2.85. The molecule has 1 saturated heterocycles. The molecule has 1 unspecified atom stereocenters. The van der Waals surface area contributed by atoms with Crippen molar-refractivity contribution >= 4 is 27.7 Å². The molecule has 3 aliphatic heterocycles. The molecule has 0 saturated carbocycles. The van der Waals surface area contributed by atoms with Gasteiger partial charge in [0, 0.05) is 25.7 Å². The van der Waals surface area contributed by atoms with E-state index in [-0.39, 0.29) is 36.7 Å². The number of carboxylic acids is 1. The molecule has 0 radical (unpaired) electrons. The maximum Gasteiger partial charge on any atom is 0.343 e. The minimum atomic E-state index is -3.48. The van der Waals surface area contributed by atoms with Gasteiger partial charge in [-0.25, -0.2) is 17.6 Å². The van der Waals surface area contributed by atoms with Crippen LogP contribution in [0.3, 0.4) is 0 Å². The number of carbonyl (C=O) groups is 2. The van der Waals surface area contributed by atoms with E-state index in [0.717, 1.165) is 4.90 Å². The van der Waals surface area contributed by atoms with Crippen molar-refractivity contribution in [1.29, 1.82) is 0 Å². The SMILES string of the molecule is O=C(C1=CN2CCS(=O)(=O)N=C2C=C1)N1CCC(F)(C(=O)O)C1. The number of hydrogen-bond donors (Lipinski definition) is 1. The summed E-state index contributed by atoms with van der Waals surface area (Å²) in [6, 6.07) is 0. The van der Waals surface area contributed by atoms with Gasteiger partial charge in [0.05, 0.1) is 17.9 Å². The summed E-state index contributed by atoms with van der Waals surface area (Å²) < 4.78 is 40.5. The van der Waals surface area contributed by atoms with Crippen molar-refractivity contribution in [2.75, 3.05) is 25.4 Å². The van der Waals surface area contributed by atoms with Crippen molar-refractivity contribution < 1.29 is 27.5 Å². The Kier molecular flexibility index (Phi) is 3.51. The predicted molar refractivity (Wildman–Crippen MR) is 77.8 cm³/mol. The van der Waals surface area contributed by atoms with Gasteiger partial charge >= 0.3 is 5.97 Å².